The zero-order valence-corrected chi connectivity index (χ0v) is 14.5. The van der Waals surface area contributed by atoms with Crippen molar-refractivity contribution in [1.29, 1.82) is 0 Å². The van der Waals surface area contributed by atoms with Crippen molar-refractivity contribution in [2.75, 3.05) is 13.6 Å². The van der Waals surface area contributed by atoms with Gasteiger partial charge < -0.3 is 10.6 Å². The van der Waals surface area contributed by atoms with E-state index in [0.717, 1.165) is 25.0 Å². The van der Waals surface area contributed by atoms with Crippen LogP contribution in [0.3, 0.4) is 0 Å². The van der Waals surface area contributed by atoms with E-state index < -0.39 is 0 Å². The van der Waals surface area contributed by atoms with Crippen molar-refractivity contribution in [2.45, 2.75) is 33.2 Å². The number of hydrogen-bond donors (Lipinski definition) is 2. The zero-order valence-electron chi connectivity index (χ0n) is 12.1. The molecule has 1 aromatic carbocycles. The molecular formula is C15H26IN3. The Morgan fingerprint density at radius 1 is 1.11 bits per heavy atom. The molecule has 0 saturated carbocycles. The van der Waals surface area contributed by atoms with Crippen LogP contribution in [0, 0.1) is 5.92 Å². The fourth-order valence-electron chi connectivity index (χ4n) is 1.82. The Balaban J connectivity index is 0.00000324. The summed E-state index contributed by atoms with van der Waals surface area (Å²) in [5.74, 6) is 1.60. The van der Waals surface area contributed by atoms with Gasteiger partial charge in [-0.15, -0.1) is 24.0 Å². The highest BCUT2D eigenvalue weighted by Gasteiger charge is 2.04. The molecule has 0 atom stereocenters. The maximum Gasteiger partial charge on any atom is 0.191 e. The summed E-state index contributed by atoms with van der Waals surface area (Å²) in [5, 5.41) is 6.71. The van der Waals surface area contributed by atoms with Gasteiger partial charge in [0.1, 0.15) is 0 Å². The second-order valence-electron chi connectivity index (χ2n) is 4.47. The van der Waals surface area contributed by atoms with E-state index in [1.54, 1.807) is 0 Å². The monoisotopic (exact) mass is 375 g/mol. The molecule has 0 aliphatic carbocycles. The van der Waals surface area contributed by atoms with Crippen LogP contribution in [0.25, 0.3) is 0 Å². The molecule has 0 unspecified atom stereocenters. The van der Waals surface area contributed by atoms with Gasteiger partial charge in [0, 0.05) is 20.1 Å². The number of aliphatic imine (C=N–C) groups is 1. The Morgan fingerprint density at radius 3 is 2.26 bits per heavy atom. The number of benzene rings is 1. The van der Waals surface area contributed by atoms with Crippen LogP contribution in [0.5, 0.6) is 0 Å². The van der Waals surface area contributed by atoms with Gasteiger partial charge in [-0.2, -0.15) is 0 Å². The highest BCUT2D eigenvalue weighted by Crippen LogP contribution is 2.04. The van der Waals surface area contributed by atoms with Crippen LogP contribution in [0.1, 0.15) is 32.3 Å². The SMILES string of the molecule is CCC(CC)CNC(=NC)NCc1ccccc1.I. The molecule has 0 heterocycles. The van der Waals surface area contributed by atoms with Crippen LogP contribution >= 0.6 is 24.0 Å². The Bertz CT molecular complexity index is 348. The summed E-state index contributed by atoms with van der Waals surface area (Å²) in [6, 6.07) is 10.4. The Hall–Kier alpha value is -0.780. The average Bonchev–Trinajstić information content (AvgIpc) is 2.44. The Morgan fingerprint density at radius 2 is 1.74 bits per heavy atom. The van der Waals surface area contributed by atoms with Crippen molar-refractivity contribution in [3.05, 3.63) is 35.9 Å². The molecular weight excluding hydrogens is 349 g/mol. The third-order valence-electron chi connectivity index (χ3n) is 3.24. The quantitative estimate of drug-likeness (QED) is 0.454. The zero-order chi connectivity index (χ0) is 13.2. The number of rotatable bonds is 6. The summed E-state index contributed by atoms with van der Waals surface area (Å²) in [7, 11) is 1.81. The minimum absolute atomic E-state index is 0. The lowest BCUT2D eigenvalue weighted by atomic mass is 10.0. The van der Waals surface area contributed by atoms with Gasteiger partial charge in [-0.25, -0.2) is 0 Å². The van der Waals surface area contributed by atoms with Gasteiger partial charge in [-0.05, 0) is 11.5 Å². The van der Waals surface area contributed by atoms with Crippen molar-refractivity contribution in [3.63, 3.8) is 0 Å². The van der Waals surface area contributed by atoms with Crippen LogP contribution < -0.4 is 10.6 Å². The smallest absolute Gasteiger partial charge is 0.191 e. The molecule has 108 valence electrons. The molecule has 0 fully saturated rings. The molecule has 1 aromatic rings. The minimum atomic E-state index is 0. The van der Waals surface area contributed by atoms with E-state index in [0.29, 0.717) is 0 Å². The summed E-state index contributed by atoms with van der Waals surface area (Å²) in [6.07, 6.45) is 2.42. The molecule has 2 N–H and O–H groups in total. The average molecular weight is 375 g/mol. The Kier molecular flexibility index (Phi) is 10.6. The first-order valence-corrected chi connectivity index (χ1v) is 6.78. The summed E-state index contributed by atoms with van der Waals surface area (Å²) < 4.78 is 0. The normalized spacial score (nSPS) is 11.1. The first-order valence-electron chi connectivity index (χ1n) is 6.78. The molecule has 0 saturated heterocycles. The summed E-state index contributed by atoms with van der Waals surface area (Å²) in [5.41, 5.74) is 1.27. The summed E-state index contributed by atoms with van der Waals surface area (Å²) in [4.78, 5) is 4.24. The lowest BCUT2D eigenvalue weighted by molar-refractivity contribution is 0.481. The first-order chi connectivity index (χ1) is 8.80. The number of hydrogen-bond acceptors (Lipinski definition) is 1. The van der Waals surface area contributed by atoms with Crippen molar-refractivity contribution >= 4 is 29.9 Å². The molecule has 0 amide bonds. The highest BCUT2D eigenvalue weighted by molar-refractivity contribution is 14.0. The largest absolute Gasteiger partial charge is 0.356 e. The number of guanidine groups is 1. The Labute approximate surface area is 134 Å². The van der Waals surface area contributed by atoms with E-state index in [-0.39, 0.29) is 24.0 Å². The molecule has 0 aliphatic heterocycles. The second kappa shape index (κ2) is 11.1. The molecule has 0 spiro atoms. The minimum Gasteiger partial charge on any atom is -0.356 e. The van der Waals surface area contributed by atoms with Gasteiger partial charge in [0.15, 0.2) is 5.96 Å². The van der Waals surface area contributed by atoms with Crippen molar-refractivity contribution in [3.8, 4) is 0 Å². The van der Waals surface area contributed by atoms with Gasteiger partial charge >= 0.3 is 0 Å². The maximum atomic E-state index is 4.24. The third kappa shape index (κ3) is 7.40. The molecule has 1 rings (SSSR count). The lowest BCUT2D eigenvalue weighted by Gasteiger charge is -2.16. The van der Waals surface area contributed by atoms with E-state index in [9.17, 15) is 0 Å². The topological polar surface area (TPSA) is 36.4 Å². The molecule has 4 heteroatoms. The highest BCUT2D eigenvalue weighted by atomic mass is 127. The van der Waals surface area contributed by atoms with Gasteiger partial charge in [-0.1, -0.05) is 57.0 Å². The van der Waals surface area contributed by atoms with E-state index in [1.165, 1.54) is 18.4 Å². The standard InChI is InChI=1S/C15H25N3.HI/c1-4-13(5-2)11-17-15(16-3)18-12-14-9-7-6-8-10-14;/h6-10,13H,4-5,11-12H2,1-3H3,(H2,16,17,18);1H. The van der Waals surface area contributed by atoms with E-state index in [4.69, 9.17) is 0 Å². The van der Waals surface area contributed by atoms with Crippen molar-refractivity contribution in [2.24, 2.45) is 10.9 Å². The predicted molar refractivity (Wildman–Crippen MR) is 94.1 cm³/mol. The fourth-order valence-corrected chi connectivity index (χ4v) is 1.82. The van der Waals surface area contributed by atoms with Crippen LogP contribution in [0.15, 0.2) is 35.3 Å². The van der Waals surface area contributed by atoms with Crippen LogP contribution in [0.4, 0.5) is 0 Å². The molecule has 19 heavy (non-hydrogen) atoms. The van der Waals surface area contributed by atoms with E-state index in [2.05, 4.69) is 53.7 Å². The van der Waals surface area contributed by atoms with Gasteiger partial charge in [0.05, 0.1) is 0 Å². The van der Waals surface area contributed by atoms with Crippen LogP contribution in [0.2, 0.25) is 0 Å². The predicted octanol–water partition coefficient (Wildman–Crippen LogP) is 3.41. The van der Waals surface area contributed by atoms with Gasteiger partial charge in [0.2, 0.25) is 0 Å². The maximum absolute atomic E-state index is 4.24. The second-order valence-corrected chi connectivity index (χ2v) is 4.47. The first kappa shape index (κ1) is 18.2. The van der Waals surface area contributed by atoms with Crippen LogP contribution in [-0.4, -0.2) is 19.6 Å². The molecule has 0 aliphatic rings. The number of halogens is 1. The van der Waals surface area contributed by atoms with E-state index in [1.807, 2.05) is 13.1 Å². The van der Waals surface area contributed by atoms with E-state index >= 15 is 0 Å². The molecule has 0 aromatic heterocycles. The summed E-state index contributed by atoms with van der Waals surface area (Å²) in [6.45, 7) is 6.26. The molecule has 3 nitrogen and oxygen atoms in total. The van der Waals surface area contributed by atoms with Crippen molar-refractivity contribution < 1.29 is 0 Å². The van der Waals surface area contributed by atoms with Gasteiger partial charge in [0.25, 0.3) is 0 Å². The molecule has 0 radical (unpaired) electrons. The fraction of sp³-hybridized carbons (Fsp3) is 0.533. The number of nitrogens with one attached hydrogen (secondary N) is 2. The van der Waals surface area contributed by atoms with Crippen molar-refractivity contribution in [1.82, 2.24) is 10.6 Å². The number of nitrogens with zero attached hydrogens (tertiary/aromatic N) is 1. The lowest BCUT2D eigenvalue weighted by Crippen LogP contribution is -2.39. The third-order valence-corrected chi connectivity index (χ3v) is 3.24. The summed E-state index contributed by atoms with van der Waals surface area (Å²) >= 11 is 0. The molecule has 0 bridgehead atoms. The van der Waals surface area contributed by atoms with Crippen LogP contribution in [-0.2, 0) is 6.54 Å². The van der Waals surface area contributed by atoms with Gasteiger partial charge in [-0.3, -0.25) is 4.99 Å².